The molecule has 8 heteroatoms. The lowest BCUT2D eigenvalue weighted by molar-refractivity contribution is -0.119. The van der Waals surface area contributed by atoms with Crippen molar-refractivity contribution >= 4 is 39.2 Å². The number of carbonyl (C=O) groups is 1. The molecule has 1 aliphatic rings. The van der Waals surface area contributed by atoms with Crippen LogP contribution in [-0.2, 0) is 23.4 Å². The highest BCUT2D eigenvalue weighted by atomic mass is 32.2. The summed E-state index contributed by atoms with van der Waals surface area (Å²) in [6.45, 7) is 3.77. The third kappa shape index (κ3) is 3.82. The number of nitrogens with one attached hydrogen (secondary N) is 2. The number of hydrogen-bond acceptors (Lipinski definition) is 6. The number of rotatable bonds is 6. The molecule has 3 heterocycles. The zero-order chi connectivity index (χ0) is 19.0. The molecule has 0 bridgehead atoms. The van der Waals surface area contributed by atoms with Crippen molar-refractivity contribution in [1.82, 2.24) is 15.3 Å². The quantitative estimate of drug-likeness (QED) is 0.658. The summed E-state index contributed by atoms with van der Waals surface area (Å²) in [6, 6.07) is 3.58. The molecule has 0 saturated heterocycles. The number of aromatic nitrogens is 2. The highest BCUT2D eigenvalue weighted by Crippen LogP contribution is 2.34. The molecule has 0 radical (unpaired) electrons. The molecule has 6 nitrogen and oxygen atoms in total. The summed E-state index contributed by atoms with van der Waals surface area (Å²) < 4.78 is 5.53. The lowest BCUT2D eigenvalue weighted by Crippen LogP contribution is -2.28. The Kier molecular flexibility index (Phi) is 5.10. The van der Waals surface area contributed by atoms with Crippen molar-refractivity contribution in [3.8, 4) is 0 Å². The molecule has 142 valence electrons. The monoisotopic (exact) mass is 403 g/mol. The van der Waals surface area contributed by atoms with Crippen molar-refractivity contribution in [3.05, 3.63) is 50.3 Å². The van der Waals surface area contributed by atoms with E-state index in [-0.39, 0.29) is 17.5 Å². The molecule has 1 aliphatic carbocycles. The Labute approximate surface area is 164 Å². The van der Waals surface area contributed by atoms with E-state index in [9.17, 15) is 9.59 Å². The molecule has 27 heavy (non-hydrogen) atoms. The largest absolute Gasteiger partial charge is 0.464 e. The molecule has 1 atom stereocenters. The fraction of sp³-hybridized carbons (Fsp3) is 0.421. The molecular weight excluding hydrogens is 382 g/mol. The van der Waals surface area contributed by atoms with Crippen molar-refractivity contribution in [3.63, 3.8) is 0 Å². The number of nitrogens with zero attached hydrogens (tertiary/aromatic N) is 1. The van der Waals surface area contributed by atoms with E-state index in [0.717, 1.165) is 41.0 Å². The van der Waals surface area contributed by atoms with Crippen LogP contribution < -0.4 is 10.9 Å². The highest BCUT2D eigenvalue weighted by Gasteiger charge is 2.21. The van der Waals surface area contributed by atoms with E-state index in [4.69, 9.17) is 4.42 Å². The Bertz CT molecular complexity index is 1050. The van der Waals surface area contributed by atoms with Crippen LogP contribution in [0.2, 0.25) is 0 Å². The molecule has 3 aromatic rings. The Balaban J connectivity index is 1.35. The summed E-state index contributed by atoms with van der Waals surface area (Å²) in [5.41, 5.74) is 1.13. The maximum atomic E-state index is 12.4. The van der Waals surface area contributed by atoms with Gasteiger partial charge in [-0.2, -0.15) is 0 Å². The number of aromatic amines is 1. The maximum absolute atomic E-state index is 12.4. The molecule has 0 aliphatic heterocycles. The number of amides is 1. The molecule has 0 saturated carbocycles. The second kappa shape index (κ2) is 7.52. The van der Waals surface area contributed by atoms with E-state index in [1.165, 1.54) is 22.2 Å². The summed E-state index contributed by atoms with van der Waals surface area (Å²) in [4.78, 5) is 34.2. The lowest BCUT2D eigenvalue weighted by atomic mass is 10.2. The van der Waals surface area contributed by atoms with Crippen LogP contribution in [0.4, 0.5) is 0 Å². The average Bonchev–Trinajstić information content (AvgIpc) is 3.30. The summed E-state index contributed by atoms with van der Waals surface area (Å²) in [5.74, 6) is 2.92. The van der Waals surface area contributed by atoms with E-state index < -0.39 is 0 Å². The lowest BCUT2D eigenvalue weighted by Gasteiger charge is -2.11. The third-order valence-corrected chi connectivity index (χ3v) is 6.79. The second-order valence-corrected chi connectivity index (χ2v) is 8.85. The Morgan fingerprint density at radius 2 is 2.30 bits per heavy atom. The molecule has 3 aromatic heterocycles. The van der Waals surface area contributed by atoms with Gasteiger partial charge in [0.15, 0.2) is 0 Å². The molecule has 4 rings (SSSR count). The Morgan fingerprint density at radius 3 is 3.07 bits per heavy atom. The number of fused-ring (bicyclic) bond motifs is 3. The molecule has 0 spiro atoms. The fourth-order valence-electron chi connectivity index (χ4n) is 3.40. The van der Waals surface area contributed by atoms with Crippen molar-refractivity contribution in [2.75, 3.05) is 5.75 Å². The number of hydrogen-bond donors (Lipinski definition) is 2. The number of thiophene rings is 1. The molecule has 0 fully saturated rings. The van der Waals surface area contributed by atoms with E-state index in [1.54, 1.807) is 11.3 Å². The minimum Gasteiger partial charge on any atom is -0.464 e. The predicted octanol–water partition coefficient (Wildman–Crippen LogP) is 3.49. The highest BCUT2D eigenvalue weighted by molar-refractivity contribution is 7.99. The topological polar surface area (TPSA) is 88.0 Å². The van der Waals surface area contributed by atoms with Gasteiger partial charge in [-0.1, -0.05) is 0 Å². The van der Waals surface area contributed by atoms with Crippen LogP contribution in [0.15, 0.2) is 21.3 Å². The molecule has 1 unspecified atom stereocenters. The number of thioether (sulfide) groups is 1. The standard InChI is InChI=1S/C19H21N3O3S2/c1-10-6-7-13(25-10)11(2)20-16(23)9-26-8-15-21-18(24)17-12-4-3-5-14(12)27-19(17)22-15/h6-7,11H,3-5,8-9H2,1-2H3,(H,20,23)(H,21,22,24). The van der Waals surface area contributed by atoms with Gasteiger partial charge in [0, 0.05) is 4.88 Å². The SMILES string of the molecule is Cc1ccc(C(C)NC(=O)CSCc2nc3sc4c(c3c(=O)[nH]2)CCC4)o1. The summed E-state index contributed by atoms with van der Waals surface area (Å²) in [7, 11) is 0. The number of carbonyl (C=O) groups excluding carboxylic acids is 1. The van der Waals surface area contributed by atoms with Crippen LogP contribution >= 0.6 is 23.1 Å². The van der Waals surface area contributed by atoms with Gasteiger partial charge >= 0.3 is 0 Å². The van der Waals surface area contributed by atoms with E-state index in [1.807, 2.05) is 26.0 Å². The Hall–Kier alpha value is -2.06. The van der Waals surface area contributed by atoms with Crippen molar-refractivity contribution in [2.45, 2.75) is 44.9 Å². The smallest absolute Gasteiger partial charge is 0.259 e. The van der Waals surface area contributed by atoms with E-state index in [2.05, 4.69) is 15.3 Å². The van der Waals surface area contributed by atoms with Crippen LogP contribution in [0.3, 0.4) is 0 Å². The second-order valence-electron chi connectivity index (χ2n) is 6.78. The zero-order valence-electron chi connectivity index (χ0n) is 15.3. The normalized spacial score (nSPS) is 14.4. The zero-order valence-corrected chi connectivity index (χ0v) is 16.9. The van der Waals surface area contributed by atoms with Crippen LogP contribution in [0, 0.1) is 6.92 Å². The van der Waals surface area contributed by atoms with Gasteiger partial charge in [0.1, 0.15) is 22.2 Å². The Morgan fingerprint density at radius 1 is 1.44 bits per heavy atom. The molecule has 2 N–H and O–H groups in total. The van der Waals surface area contributed by atoms with Gasteiger partial charge in [0.05, 0.1) is 22.9 Å². The van der Waals surface area contributed by atoms with Gasteiger partial charge in [-0.25, -0.2) is 4.98 Å². The van der Waals surface area contributed by atoms with Gasteiger partial charge < -0.3 is 14.7 Å². The molecular formula is C19H21N3O3S2. The van der Waals surface area contributed by atoms with Gasteiger partial charge in [0.25, 0.3) is 5.56 Å². The minimum absolute atomic E-state index is 0.0544. The first-order chi connectivity index (χ1) is 13.0. The summed E-state index contributed by atoms with van der Waals surface area (Å²) >= 11 is 3.07. The average molecular weight is 404 g/mol. The first-order valence-electron chi connectivity index (χ1n) is 8.98. The van der Waals surface area contributed by atoms with E-state index >= 15 is 0 Å². The van der Waals surface area contributed by atoms with Crippen LogP contribution in [-0.4, -0.2) is 21.6 Å². The van der Waals surface area contributed by atoms with Crippen molar-refractivity contribution in [2.24, 2.45) is 0 Å². The maximum Gasteiger partial charge on any atom is 0.259 e. The van der Waals surface area contributed by atoms with Gasteiger partial charge in [-0.15, -0.1) is 23.1 Å². The van der Waals surface area contributed by atoms with E-state index in [0.29, 0.717) is 17.3 Å². The molecule has 0 aromatic carbocycles. The van der Waals surface area contributed by atoms with Gasteiger partial charge in [-0.05, 0) is 50.8 Å². The van der Waals surface area contributed by atoms with Gasteiger partial charge in [0.2, 0.25) is 5.91 Å². The first-order valence-corrected chi connectivity index (χ1v) is 11.0. The first kappa shape index (κ1) is 18.3. The number of H-pyrrole nitrogens is 1. The van der Waals surface area contributed by atoms with Gasteiger partial charge in [-0.3, -0.25) is 9.59 Å². The minimum atomic E-state index is -0.172. The predicted molar refractivity (Wildman–Crippen MR) is 108 cm³/mol. The summed E-state index contributed by atoms with van der Waals surface area (Å²) in [5, 5.41) is 3.68. The van der Waals surface area contributed by atoms with Crippen molar-refractivity contribution < 1.29 is 9.21 Å². The molecule has 1 amide bonds. The van der Waals surface area contributed by atoms with Crippen LogP contribution in [0.25, 0.3) is 10.2 Å². The van der Waals surface area contributed by atoms with Crippen LogP contribution in [0.1, 0.15) is 47.2 Å². The summed E-state index contributed by atoms with van der Waals surface area (Å²) in [6.07, 6.45) is 3.15. The fourth-order valence-corrected chi connectivity index (χ4v) is 5.38. The van der Waals surface area contributed by atoms with Crippen LogP contribution in [0.5, 0.6) is 0 Å². The third-order valence-electron chi connectivity index (χ3n) is 4.66. The number of furan rings is 1. The van der Waals surface area contributed by atoms with Crippen molar-refractivity contribution in [1.29, 1.82) is 0 Å². The number of aryl methyl sites for hydroxylation is 3.